The largest absolute Gasteiger partial charge is 0.493 e. The summed E-state index contributed by atoms with van der Waals surface area (Å²) in [6.07, 6.45) is 1.35. The molecule has 0 saturated carbocycles. The number of nitrogens with zero attached hydrogens (tertiary/aromatic N) is 1. The maximum Gasteiger partial charge on any atom is 0.306 e. The van der Waals surface area contributed by atoms with Crippen LogP contribution >= 0.6 is 11.6 Å². The molecule has 7 heteroatoms. The van der Waals surface area contributed by atoms with Crippen molar-refractivity contribution in [3.8, 4) is 11.8 Å². The Bertz CT molecular complexity index is 870. The van der Waals surface area contributed by atoms with Gasteiger partial charge in [-0.25, -0.2) is 0 Å². The first-order valence-electron chi connectivity index (χ1n) is 7.61. The normalized spacial score (nSPS) is 10.7. The first-order chi connectivity index (χ1) is 12.5. The molecule has 2 aromatic rings. The highest BCUT2D eigenvalue weighted by atomic mass is 35.5. The fourth-order valence-electron chi connectivity index (χ4n) is 2.00. The van der Waals surface area contributed by atoms with Gasteiger partial charge < -0.3 is 15.2 Å². The van der Waals surface area contributed by atoms with Gasteiger partial charge in [0.15, 0.2) is 0 Å². The van der Waals surface area contributed by atoms with Crippen molar-refractivity contribution in [2.45, 2.75) is 6.42 Å². The summed E-state index contributed by atoms with van der Waals surface area (Å²) in [4.78, 5) is 22.7. The average Bonchev–Trinajstić information content (AvgIpc) is 2.60. The van der Waals surface area contributed by atoms with Crippen molar-refractivity contribution in [1.82, 2.24) is 0 Å². The Labute approximate surface area is 155 Å². The summed E-state index contributed by atoms with van der Waals surface area (Å²) in [5.74, 6) is -0.976. The highest BCUT2D eigenvalue weighted by molar-refractivity contribution is 6.31. The number of aliphatic carboxylic acids is 1. The molecular weight excluding hydrogens is 356 g/mol. The van der Waals surface area contributed by atoms with Crippen LogP contribution < -0.4 is 10.1 Å². The molecule has 0 aliphatic carbocycles. The number of carbonyl (C=O) groups excluding carboxylic acids is 1. The van der Waals surface area contributed by atoms with E-state index in [2.05, 4.69) is 5.32 Å². The first kappa shape index (κ1) is 19.0. The van der Waals surface area contributed by atoms with Crippen LogP contribution in [0.25, 0.3) is 6.08 Å². The minimum atomic E-state index is -0.936. The van der Waals surface area contributed by atoms with Gasteiger partial charge >= 0.3 is 5.97 Å². The molecule has 0 fully saturated rings. The molecule has 0 saturated heterocycles. The molecule has 132 valence electrons. The van der Waals surface area contributed by atoms with Crippen LogP contribution in [0.4, 0.5) is 5.69 Å². The van der Waals surface area contributed by atoms with Crippen molar-refractivity contribution in [2.24, 2.45) is 0 Å². The maximum absolute atomic E-state index is 12.2. The Kier molecular flexibility index (Phi) is 6.77. The van der Waals surface area contributed by atoms with Crippen molar-refractivity contribution in [3.63, 3.8) is 0 Å². The standard InChI is InChI=1S/C19H15ClN2O4/c20-15-2-1-3-16(11-15)22-19(25)14(12-21)10-13-4-6-17(7-5-13)26-9-8-18(23)24/h1-7,10-11H,8-9H2,(H,22,25)(H,23,24)/b14-10+. The summed E-state index contributed by atoms with van der Waals surface area (Å²) in [6.45, 7) is 0.0655. The first-order valence-corrected chi connectivity index (χ1v) is 7.99. The lowest BCUT2D eigenvalue weighted by Gasteiger charge is -2.06. The zero-order valence-corrected chi connectivity index (χ0v) is 14.4. The van der Waals surface area contributed by atoms with Gasteiger partial charge in [0.1, 0.15) is 17.4 Å². The molecule has 2 N–H and O–H groups in total. The van der Waals surface area contributed by atoms with Gasteiger partial charge in [-0.05, 0) is 42.0 Å². The van der Waals surface area contributed by atoms with Gasteiger partial charge in [-0.15, -0.1) is 0 Å². The van der Waals surface area contributed by atoms with E-state index in [1.807, 2.05) is 6.07 Å². The van der Waals surface area contributed by atoms with Crippen LogP contribution in [-0.2, 0) is 9.59 Å². The lowest BCUT2D eigenvalue weighted by atomic mass is 10.1. The van der Waals surface area contributed by atoms with E-state index in [0.717, 1.165) is 0 Å². The van der Waals surface area contributed by atoms with Gasteiger partial charge in [0.25, 0.3) is 5.91 Å². The molecule has 0 aliphatic heterocycles. The second-order valence-corrected chi connectivity index (χ2v) is 5.63. The molecule has 6 nitrogen and oxygen atoms in total. The molecule has 2 aromatic carbocycles. The molecule has 0 heterocycles. The highest BCUT2D eigenvalue weighted by Crippen LogP contribution is 2.18. The predicted molar refractivity (Wildman–Crippen MR) is 97.9 cm³/mol. The van der Waals surface area contributed by atoms with E-state index in [0.29, 0.717) is 22.0 Å². The fourth-order valence-corrected chi connectivity index (χ4v) is 2.19. The number of anilines is 1. The van der Waals surface area contributed by atoms with Gasteiger partial charge in [-0.1, -0.05) is 29.8 Å². The summed E-state index contributed by atoms with van der Waals surface area (Å²) in [6, 6.07) is 15.1. The van der Waals surface area contributed by atoms with Gasteiger partial charge in [-0.3, -0.25) is 9.59 Å². The van der Waals surface area contributed by atoms with Crippen LogP contribution in [0, 0.1) is 11.3 Å². The van der Waals surface area contributed by atoms with Gasteiger partial charge in [0.2, 0.25) is 0 Å². The van der Waals surface area contributed by atoms with E-state index in [4.69, 9.17) is 21.4 Å². The molecule has 0 radical (unpaired) electrons. The number of carboxylic acids is 1. The number of benzene rings is 2. The number of carboxylic acid groups (broad SMARTS) is 1. The van der Waals surface area contributed by atoms with Crippen molar-refractivity contribution in [3.05, 3.63) is 64.7 Å². The molecule has 0 aromatic heterocycles. The number of hydrogen-bond donors (Lipinski definition) is 2. The lowest BCUT2D eigenvalue weighted by Crippen LogP contribution is -2.13. The number of nitriles is 1. The maximum atomic E-state index is 12.2. The zero-order chi connectivity index (χ0) is 18.9. The summed E-state index contributed by atoms with van der Waals surface area (Å²) >= 11 is 5.86. The Balaban J connectivity index is 2.04. The molecule has 1 amide bonds. The molecule has 0 bridgehead atoms. The predicted octanol–water partition coefficient (Wildman–Crippen LogP) is 3.74. The molecule has 0 unspecified atom stereocenters. The summed E-state index contributed by atoms with van der Waals surface area (Å²) in [7, 11) is 0. The molecular formula is C19H15ClN2O4. The van der Waals surface area contributed by atoms with Gasteiger partial charge in [0, 0.05) is 10.7 Å². The average molecular weight is 371 g/mol. The molecule has 0 atom stereocenters. The van der Waals surface area contributed by atoms with Crippen molar-refractivity contribution in [2.75, 3.05) is 11.9 Å². The summed E-state index contributed by atoms with van der Waals surface area (Å²) < 4.78 is 5.28. The highest BCUT2D eigenvalue weighted by Gasteiger charge is 2.10. The number of carbonyl (C=O) groups is 2. The number of halogens is 1. The Morgan fingerprint density at radius 3 is 2.58 bits per heavy atom. The van der Waals surface area contributed by atoms with Crippen molar-refractivity contribution in [1.29, 1.82) is 5.26 Å². The Hall–Kier alpha value is -3.30. The van der Waals surface area contributed by atoms with E-state index in [9.17, 15) is 14.9 Å². The topological polar surface area (TPSA) is 99.4 Å². The molecule has 0 aliphatic rings. The number of amides is 1. The minimum absolute atomic E-state index is 0.0653. The van der Waals surface area contributed by atoms with Crippen LogP contribution in [0.15, 0.2) is 54.1 Å². The third kappa shape index (κ3) is 5.96. The van der Waals surface area contributed by atoms with Crippen LogP contribution in [-0.4, -0.2) is 23.6 Å². The van der Waals surface area contributed by atoms with Crippen LogP contribution in [0.3, 0.4) is 0 Å². The van der Waals surface area contributed by atoms with Crippen LogP contribution in [0.1, 0.15) is 12.0 Å². The van der Waals surface area contributed by atoms with Gasteiger partial charge in [0.05, 0.1) is 13.0 Å². The van der Waals surface area contributed by atoms with E-state index in [-0.39, 0.29) is 18.6 Å². The molecule has 26 heavy (non-hydrogen) atoms. The van der Waals surface area contributed by atoms with E-state index in [1.165, 1.54) is 6.08 Å². The summed E-state index contributed by atoms with van der Waals surface area (Å²) in [5.41, 5.74) is 1.06. The second kappa shape index (κ2) is 9.25. The molecule has 0 spiro atoms. The smallest absolute Gasteiger partial charge is 0.306 e. The monoisotopic (exact) mass is 370 g/mol. The number of ether oxygens (including phenoxy) is 1. The van der Waals surface area contributed by atoms with E-state index >= 15 is 0 Å². The quantitative estimate of drug-likeness (QED) is 0.571. The number of hydrogen-bond acceptors (Lipinski definition) is 4. The van der Waals surface area contributed by atoms with Crippen molar-refractivity contribution >= 4 is 35.2 Å². The minimum Gasteiger partial charge on any atom is -0.493 e. The van der Waals surface area contributed by atoms with E-state index in [1.54, 1.807) is 48.5 Å². The number of rotatable bonds is 7. The van der Waals surface area contributed by atoms with Crippen molar-refractivity contribution < 1.29 is 19.4 Å². The Morgan fingerprint density at radius 2 is 1.96 bits per heavy atom. The molecule has 2 rings (SSSR count). The Morgan fingerprint density at radius 1 is 1.23 bits per heavy atom. The summed E-state index contributed by atoms with van der Waals surface area (Å²) in [5, 5.41) is 20.9. The van der Waals surface area contributed by atoms with Crippen LogP contribution in [0.5, 0.6) is 5.75 Å². The number of nitrogens with one attached hydrogen (secondary N) is 1. The zero-order valence-electron chi connectivity index (χ0n) is 13.6. The second-order valence-electron chi connectivity index (χ2n) is 5.20. The third-order valence-electron chi connectivity index (χ3n) is 3.22. The third-order valence-corrected chi connectivity index (χ3v) is 3.46. The van der Waals surface area contributed by atoms with Crippen LogP contribution in [0.2, 0.25) is 5.02 Å². The van der Waals surface area contributed by atoms with Gasteiger partial charge in [-0.2, -0.15) is 5.26 Å². The SMILES string of the molecule is N#C/C(=C\c1ccc(OCCC(=O)O)cc1)C(=O)Nc1cccc(Cl)c1. The lowest BCUT2D eigenvalue weighted by molar-refractivity contribution is -0.137. The van der Waals surface area contributed by atoms with E-state index < -0.39 is 11.9 Å². The fraction of sp³-hybridized carbons (Fsp3) is 0.105.